The van der Waals surface area contributed by atoms with Crippen LogP contribution < -0.4 is 10.5 Å². The lowest BCUT2D eigenvalue weighted by Gasteiger charge is -2.08. The molecule has 0 atom stereocenters. The number of rotatable bonds is 6. The molecule has 5 nitrogen and oxygen atoms in total. The van der Waals surface area contributed by atoms with E-state index in [-0.39, 0.29) is 11.3 Å². The van der Waals surface area contributed by atoms with Crippen LogP contribution >= 0.6 is 15.9 Å². The molecule has 0 saturated carbocycles. The number of halogens is 3. The van der Waals surface area contributed by atoms with Crippen molar-refractivity contribution in [3.05, 3.63) is 34.3 Å². The number of carbonyl (C=O) groups is 2. The van der Waals surface area contributed by atoms with E-state index in [0.29, 0.717) is 4.47 Å². The maximum Gasteiger partial charge on any atom is 0.387 e. The number of hydrogen-bond donors (Lipinski definition) is 1. The second kappa shape index (κ2) is 7.59. The SMILES string of the molecule is NC(=O)COC(=O)/C=C/c1cc(Br)ccc1OC(F)F. The summed E-state index contributed by atoms with van der Waals surface area (Å²) in [7, 11) is 0. The van der Waals surface area contributed by atoms with E-state index < -0.39 is 25.1 Å². The van der Waals surface area contributed by atoms with E-state index in [4.69, 9.17) is 5.73 Å². The minimum absolute atomic E-state index is 0.0952. The van der Waals surface area contributed by atoms with Gasteiger partial charge in [-0.1, -0.05) is 15.9 Å². The van der Waals surface area contributed by atoms with Crippen LogP contribution in [0.2, 0.25) is 0 Å². The van der Waals surface area contributed by atoms with Crippen LogP contribution in [0.15, 0.2) is 28.7 Å². The van der Waals surface area contributed by atoms with Crippen LogP contribution in [-0.2, 0) is 14.3 Å². The molecule has 108 valence electrons. The van der Waals surface area contributed by atoms with Gasteiger partial charge in [-0.15, -0.1) is 0 Å². The van der Waals surface area contributed by atoms with Gasteiger partial charge >= 0.3 is 12.6 Å². The molecule has 1 aromatic rings. The highest BCUT2D eigenvalue weighted by atomic mass is 79.9. The number of alkyl halides is 2. The first-order chi connectivity index (χ1) is 9.38. The van der Waals surface area contributed by atoms with Crippen molar-refractivity contribution in [3.63, 3.8) is 0 Å². The first kappa shape index (κ1) is 16.1. The van der Waals surface area contributed by atoms with Crippen molar-refractivity contribution in [1.29, 1.82) is 0 Å². The molecule has 0 aliphatic carbocycles. The number of hydrogen-bond acceptors (Lipinski definition) is 4. The Balaban J connectivity index is 2.81. The molecule has 20 heavy (non-hydrogen) atoms. The van der Waals surface area contributed by atoms with Crippen molar-refractivity contribution in [2.75, 3.05) is 6.61 Å². The first-order valence-corrected chi connectivity index (χ1v) is 6.05. The maximum atomic E-state index is 12.2. The Morgan fingerprint density at radius 3 is 2.70 bits per heavy atom. The van der Waals surface area contributed by atoms with Gasteiger partial charge in [0, 0.05) is 16.1 Å². The summed E-state index contributed by atoms with van der Waals surface area (Å²) in [6.45, 7) is -3.53. The molecule has 1 amide bonds. The highest BCUT2D eigenvalue weighted by Crippen LogP contribution is 2.25. The predicted octanol–water partition coefficient (Wildman–Crippen LogP) is 2.09. The van der Waals surface area contributed by atoms with E-state index in [2.05, 4.69) is 25.4 Å². The largest absolute Gasteiger partial charge is 0.452 e. The van der Waals surface area contributed by atoms with Crippen LogP contribution in [0.25, 0.3) is 6.08 Å². The van der Waals surface area contributed by atoms with Crippen LogP contribution in [-0.4, -0.2) is 25.1 Å². The fraction of sp³-hybridized carbons (Fsp3) is 0.167. The lowest BCUT2D eigenvalue weighted by molar-refractivity contribution is -0.142. The summed E-state index contributed by atoms with van der Waals surface area (Å²) >= 11 is 3.17. The Morgan fingerprint density at radius 1 is 1.40 bits per heavy atom. The summed E-state index contributed by atoms with van der Waals surface area (Å²) in [6.07, 6.45) is 2.20. The molecule has 8 heteroatoms. The summed E-state index contributed by atoms with van der Waals surface area (Å²) in [4.78, 5) is 21.6. The zero-order chi connectivity index (χ0) is 15.1. The Morgan fingerprint density at radius 2 is 2.10 bits per heavy atom. The number of carbonyl (C=O) groups excluding carboxylic acids is 2. The summed E-state index contributed by atoms with van der Waals surface area (Å²) < 4.78 is 33.8. The zero-order valence-electron chi connectivity index (χ0n) is 10.0. The molecule has 0 fully saturated rings. The molecule has 0 aliphatic heterocycles. The monoisotopic (exact) mass is 349 g/mol. The van der Waals surface area contributed by atoms with E-state index in [0.717, 1.165) is 6.08 Å². The second-order valence-corrected chi connectivity index (χ2v) is 4.38. The smallest absolute Gasteiger partial charge is 0.387 e. The lowest BCUT2D eigenvalue weighted by Crippen LogP contribution is -2.19. The number of nitrogens with two attached hydrogens (primary N) is 1. The van der Waals surface area contributed by atoms with E-state index >= 15 is 0 Å². The topological polar surface area (TPSA) is 78.6 Å². The van der Waals surface area contributed by atoms with Crippen LogP contribution in [0.1, 0.15) is 5.56 Å². The van der Waals surface area contributed by atoms with E-state index in [1.54, 1.807) is 0 Å². The van der Waals surface area contributed by atoms with Gasteiger partial charge < -0.3 is 15.2 Å². The average Bonchev–Trinajstić information content (AvgIpc) is 2.36. The van der Waals surface area contributed by atoms with Crippen molar-refractivity contribution < 1.29 is 27.8 Å². The number of ether oxygens (including phenoxy) is 2. The summed E-state index contributed by atoms with van der Waals surface area (Å²) in [5.74, 6) is -1.72. The molecular formula is C12H10BrF2NO4. The molecule has 2 N–H and O–H groups in total. The Labute approximate surface area is 121 Å². The van der Waals surface area contributed by atoms with Crippen molar-refractivity contribution in [3.8, 4) is 5.75 Å². The normalized spacial score (nSPS) is 10.8. The van der Waals surface area contributed by atoms with E-state index in [1.807, 2.05) is 0 Å². The average molecular weight is 350 g/mol. The van der Waals surface area contributed by atoms with Gasteiger partial charge in [0.25, 0.3) is 5.91 Å². The fourth-order valence-electron chi connectivity index (χ4n) is 1.20. The predicted molar refractivity (Wildman–Crippen MR) is 70.0 cm³/mol. The summed E-state index contributed by atoms with van der Waals surface area (Å²) in [5.41, 5.74) is 5.04. The molecule has 0 aromatic heterocycles. The van der Waals surface area contributed by atoms with Gasteiger partial charge in [0.1, 0.15) is 5.75 Å². The van der Waals surface area contributed by atoms with Gasteiger partial charge in [-0.05, 0) is 24.3 Å². The molecular weight excluding hydrogens is 340 g/mol. The van der Waals surface area contributed by atoms with Gasteiger partial charge in [-0.25, -0.2) is 4.79 Å². The zero-order valence-corrected chi connectivity index (χ0v) is 11.6. The third-order valence-corrected chi connectivity index (χ3v) is 2.44. The Hall–Kier alpha value is -1.96. The molecule has 0 spiro atoms. The van der Waals surface area contributed by atoms with E-state index in [1.165, 1.54) is 24.3 Å². The molecule has 0 heterocycles. The van der Waals surface area contributed by atoms with Gasteiger partial charge in [-0.2, -0.15) is 8.78 Å². The lowest BCUT2D eigenvalue weighted by atomic mass is 10.2. The minimum Gasteiger partial charge on any atom is -0.452 e. The van der Waals surface area contributed by atoms with Crippen LogP contribution in [0.3, 0.4) is 0 Å². The molecule has 0 aliphatic rings. The molecule has 1 aromatic carbocycles. The van der Waals surface area contributed by atoms with Crippen LogP contribution in [0.5, 0.6) is 5.75 Å². The van der Waals surface area contributed by atoms with Crippen LogP contribution in [0, 0.1) is 0 Å². The fourth-order valence-corrected chi connectivity index (χ4v) is 1.58. The van der Waals surface area contributed by atoms with Crippen molar-refractivity contribution in [1.82, 2.24) is 0 Å². The van der Waals surface area contributed by atoms with Gasteiger partial charge in [0.05, 0.1) is 0 Å². The molecule has 1 rings (SSSR count). The molecule has 0 saturated heterocycles. The number of amides is 1. The molecule has 0 unspecified atom stereocenters. The first-order valence-electron chi connectivity index (χ1n) is 5.26. The highest BCUT2D eigenvalue weighted by Gasteiger charge is 2.09. The Bertz CT molecular complexity index is 534. The molecule has 0 radical (unpaired) electrons. The van der Waals surface area contributed by atoms with Gasteiger partial charge in [-0.3, -0.25) is 4.79 Å². The van der Waals surface area contributed by atoms with Crippen molar-refractivity contribution in [2.45, 2.75) is 6.61 Å². The quantitative estimate of drug-likeness (QED) is 0.630. The number of primary amides is 1. The van der Waals surface area contributed by atoms with Gasteiger partial charge in [0.2, 0.25) is 0 Å². The third-order valence-electron chi connectivity index (χ3n) is 1.94. The van der Waals surface area contributed by atoms with Gasteiger partial charge in [0.15, 0.2) is 6.61 Å². The van der Waals surface area contributed by atoms with E-state index in [9.17, 15) is 18.4 Å². The molecule has 0 bridgehead atoms. The van der Waals surface area contributed by atoms with Crippen molar-refractivity contribution >= 4 is 33.9 Å². The number of esters is 1. The summed E-state index contributed by atoms with van der Waals surface area (Å²) in [5, 5.41) is 0. The van der Waals surface area contributed by atoms with Crippen LogP contribution in [0.4, 0.5) is 8.78 Å². The summed E-state index contributed by atoms with van der Waals surface area (Å²) in [6, 6.07) is 4.32. The number of benzene rings is 1. The van der Waals surface area contributed by atoms with Crippen molar-refractivity contribution in [2.24, 2.45) is 5.73 Å². The Kier molecular flexibility index (Phi) is 6.10. The second-order valence-electron chi connectivity index (χ2n) is 3.47. The highest BCUT2D eigenvalue weighted by molar-refractivity contribution is 9.10. The standard InChI is InChI=1S/C12H10BrF2NO4/c13-8-2-3-9(20-12(14)15)7(5-8)1-4-11(18)19-6-10(16)17/h1-5,12H,6H2,(H2,16,17)/b4-1+. The minimum atomic E-state index is -2.98. The maximum absolute atomic E-state index is 12.2. The third kappa shape index (κ3) is 5.79.